The monoisotopic (exact) mass is 430 g/mol. The van der Waals surface area contributed by atoms with Crippen LogP contribution < -0.4 is 10.2 Å². The molecule has 7 nitrogen and oxygen atoms in total. The fraction of sp³-hybridized carbons (Fsp3) is 0.727. The van der Waals surface area contributed by atoms with Gasteiger partial charge in [-0.15, -0.1) is 0 Å². The zero-order chi connectivity index (χ0) is 20.9. The third-order valence-electron chi connectivity index (χ3n) is 6.05. The Morgan fingerprint density at radius 3 is 2.60 bits per heavy atom. The molecule has 1 aliphatic heterocycles. The number of hydrogen-bond donors (Lipinski definition) is 1. The van der Waals surface area contributed by atoms with E-state index in [1.807, 2.05) is 10.9 Å². The van der Waals surface area contributed by atoms with Gasteiger partial charge < -0.3 is 10.2 Å². The third-order valence-corrected chi connectivity index (χ3v) is 6.92. The number of nitrogens with zero attached hydrogens (tertiary/aromatic N) is 5. The predicted molar refractivity (Wildman–Crippen MR) is 122 cm³/mol. The fourth-order valence-electron chi connectivity index (χ4n) is 4.49. The third kappa shape index (κ3) is 5.07. The zero-order valence-electron chi connectivity index (χ0n) is 18.3. The SMILES string of the molecule is CC(C)Sc1nc(N2CCCCC2)c2cnn(CCNC(=O)C3CCCCC3)c2n1. The Balaban J connectivity index is 1.50. The lowest BCUT2D eigenvalue weighted by molar-refractivity contribution is -0.125. The van der Waals surface area contributed by atoms with E-state index in [-0.39, 0.29) is 11.8 Å². The van der Waals surface area contributed by atoms with Crippen LogP contribution in [0.1, 0.15) is 65.2 Å². The smallest absolute Gasteiger partial charge is 0.223 e. The van der Waals surface area contributed by atoms with Crippen LogP contribution in [0.25, 0.3) is 11.0 Å². The lowest BCUT2D eigenvalue weighted by Crippen LogP contribution is -2.34. The Bertz CT molecular complexity index is 855. The van der Waals surface area contributed by atoms with Crippen LogP contribution in [0.5, 0.6) is 0 Å². The highest BCUT2D eigenvalue weighted by Gasteiger charge is 2.22. The highest BCUT2D eigenvalue weighted by Crippen LogP contribution is 2.30. The minimum absolute atomic E-state index is 0.190. The number of rotatable bonds is 7. The van der Waals surface area contributed by atoms with E-state index >= 15 is 0 Å². The number of aromatic nitrogens is 4. The van der Waals surface area contributed by atoms with Gasteiger partial charge in [-0.1, -0.05) is 44.9 Å². The summed E-state index contributed by atoms with van der Waals surface area (Å²) < 4.78 is 1.93. The normalized spacial score (nSPS) is 18.3. The predicted octanol–water partition coefficient (Wildman–Crippen LogP) is 4.01. The number of carbonyl (C=O) groups excluding carboxylic acids is 1. The van der Waals surface area contributed by atoms with Gasteiger partial charge in [-0.3, -0.25) is 4.79 Å². The minimum Gasteiger partial charge on any atom is -0.356 e. The van der Waals surface area contributed by atoms with Crippen molar-refractivity contribution in [2.24, 2.45) is 5.92 Å². The topological polar surface area (TPSA) is 75.9 Å². The van der Waals surface area contributed by atoms with Gasteiger partial charge in [0.15, 0.2) is 10.8 Å². The van der Waals surface area contributed by atoms with E-state index in [1.165, 1.54) is 38.5 Å². The molecule has 8 heteroatoms. The molecule has 1 N–H and O–H groups in total. The Morgan fingerprint density at radius 2 is 1.87 bits per heavy atom. The van der Waals surface area contributed by atoms with E-state index in [0.29, 0.717) is 18.3 Å². The summed E-state index contributed by atoms with van der Waals surface area (Å²) in [6.07, 6.45) is 11.3. The first-order valence-electron chi connectivity index (χ1n) is 11.5. The standard InChI is InChI=1S/C22H34N6OS/c1-16(2)30-22-25-19(27-12-7-4-8-13-27)18-15-24-28(20(18)26-22)14-11-23-21(29)17-9-5-3-6-10-17/h15-17H,3-14H2,1-2H3,(H,23,29). The number of hydrogen-bond acceptors (Lipinski definition) is 6. The molecule has 4 rings (SSSR count). The molecule has 0 bridgehead atoms. The molecule has 2 fully saturated rings. The average Bonchev–Trinajstić information content (AvgIpc) is 3.17. The first-order chi connectivity index (χ1) is 14.6. The molecule has 164 valence electrons. The lowest BCUT2D eigenvalue weighted by atomic mass is 9.89. The lowest BCUT2D eigenvalue weighted by Gasteiger charge is -2.28. The molecule has 2 aliphatic rings. The molecule has 0 spiro atoms. The summed E-state index contributed by atoms with van der Waals surface area (Å²) in [5.41, 5.74) is 0.876. The van der Waals surface area contributed by atoms with E-state index in [2.05, 4.69) is 29.2 Å². The van der Waals surface area contributed by atoms with E-state index < -0.39 is 0 Å². The summed E-state index contributed by atoms with van der Waals surface area (Å²) >= 11 is 1.69. The maximum Gasteiger partial charge on any atom is 0.223 e. The van der Waals surface area contributed by atoms with Gasteiger partial charge in [-0.05, 0) is 32.1 Å². The number of fused-ring (bicyclic) bond motifs is 1. The van der Waals surface area contributed by atoms with Crippen molar-refractivity contribution in [3.05, 3.63) is 6.20 Å². The van der Waals surface area contributed by atoms with Crippen LogP contribution >= 0.6 is 11.8 Å². The van der Waals surface area contributed by atoms with Gasteiger partial charge in [0.2, 0.25) is 5.91 Å². The van der Waals surface area contributed by atoms with Gasteiger partial charge >= 0.3 is 0 Å². The Morgan fingerprint density at radius 1 is 1.13 bits per heavy atom. The number of carbonyl (C=O) groups is 1. The van der Waals surface area contributed by atoms with Gasteiger partial charge in [-0.25, -0.2) is 14.6 Å². The van der Waals surface area contributed by atoms with Crippen molar-refractivity contribution in [2.45, 2.75) is 82.2 Å². The molecule has 2 aromatic heterocycles. The van der Waals surface area contributed by atoms with Crippen molar-refractivity contribution in [1.82, 2.24) is 25.1 Å². The van der Waals surface area contributed by atoms with Gasteiger partial charge in [0.05, 0.1) is 18.1 Å². The van der Waals surface area contributed by atoms with Gasteiger partial charge in [0.1, 0.15) is 5.82 Å². The summed E-state index contributed by atoms with van der Waals surface area (Å²) in [5.74, 6) is 1.40. The minimum atomic E-state index is 0.190. The summed E-state index contributed by atoms with van der Waals surface area (Å²) in [6.45, 7) is 7.63. The second kappa shape index (κ2) is 9.98. The van der Waals surface area contributed by atoms with E-state index in [9.17, 15) is 4.79 Å². The Hall–Kier alpha value is -1.83. The molecule has 0 unspecified atom stereocenters. The zero-order valence-corrected chi connectivity index (χ0v) is 19.1. The quantitative estimate of drug-likeness (QED) is 0.528. The number of nitrogens with one attached hydrogen (secondary N) is 1. The van der Waals surface area contributed by atoms with Crippen LogP contribution in [0, 0.1) is 5.92 Å². The van der Waals surface area contributed by atoms with Crippen LogP contribution in [0.15, 0.2) is 11.4 Å². The van der Waals surface area contributed by atoms with Crippen molar-refractivity contribution in [2.75, 3.05) is 24.5 Å². The number of thioether (sulfide) groups is 1. The molecule has 30 heavy (non-hydrogen) atoms. The van der Waals surface area contributed by atoms with E-state index in [1.54, 1.807) is 11.8 Å². The van der Waals surface area contributed by atoms with Crippen molar-refractivity contribution in [1.29, 1.82) is 0 Å². The fourth-order valence-corrected chi connectivity index (χ4v) is 5.19. The van der Waals surface area contributed by atoms with Crippen molar-refractivity contribution in [3.63, 3.8) is 0 Å². The first kappa shape index (κ1) is 21.4. The molecule has 1 aliphatic carbocycles. The van der Waals surface area contributed by atoms with Crippen LogP contribution in [0.4, 0.5) is 5.82 Å². The number of piperidine rings is 1. The highest BCUT2D eigenvalue weighted by molar-refractivity contribution is 7.99. The van der Waals surface area contributed by atoms with Gasteiger partial charge in [0, 0.05) is 30.8 Å². The van der Waals surface area contributed by atoms with Gasteiger partial charge in [-0.2, -0.15) is 5.10 Å². The van der Waals surface area contributed by atoms with Crippen LogP contribution in [-0.2, 0) is 11.3 Å². The van der Waals surface area contributed by atoms with Gasteiger partial charge in [0.25, 0.3) is 0 Å². The molecule has 1 amide bonds. The summed E-state index contributed by atoms with van der Waals surface area (Å²) in [7, 11) is 0. The Labute approximate surface area is 183 Å². The van der Waals surface area contributed by atoms with Crippen LogP contribution in [-0.4, -0.2) is 50.5 Å². The number of anilines is 1. The molecular weight excluding hydrogens is 396 g/mol. The molecule has 1 saturated carbocycles. The van der Waals surface area contributed by atoms with Crippen molar-refractivity contribution < 1.29 is 4.79 Å². The molecule has 0 atom stereocenters. The average molecular weight is 431 g/mol. The van der Waals surface area contributed by atoms with Crippen molar-refractivity contribution in [3.8, 4) is 0 Å². The Kier molecular flexibility index (Phi) is 7.12. The van der Waals surface area contributed by atoms with E-state index in [0.717, 1.165) is 47.9 Å². The molecule has 0 aromatic carbocycles. The summed E-state index contributed by atoms with van der Waals surface area (Å²) in [5, 5.41) is 9.98. The van der Waals surface area contributed by atoms with Crippen LogP contribution in [0.2, 0.25) is 0 Å². The molecular formula is C22H34N6OS. The van der Waals surface area contributed by atoms with Crippen LogP contribution in [0.3, 0.4) is 0 Å². The molecule has 2 aromatic rings. The number of amides is 1. The maximum absolute atomic E-state index is 12.4. The first-order valence-corrected chi connectivity index (χ1v) is 12.4. The second-order valence-electron chi connectivity index (χ2n) is 8.78. The summed E-state index contributed by atoms with van der Waals surface area (Å²) in [4.78, 5) is 24.6. The molecule has 3 heterocycles. The second-order valence-corrected chi connectivity index (χ2v) is 10.3. The van der Waals surface area contributed by atoms with Crippen molar-refractivity contribution >= 4 is 34.5 Å². The summed E-state index contributed by atoms with van der Waals surface area (Å²) in [6, 6.07) is 0. The van der Waals surface area contributed by atoms with E-state index in [4.69, 9.17) is 9.97 Å². The largest absolute Gasteiger partial charge is 0.356 e. The highest BCUT2D eigenvalue weighted by atomic mass is 32.2. The molecule has 0 radical (unpaired) electrons. The maximum atomic E-state index is 12.4. The molecule has 1 saturated heterocycles.